The highest BCUT2D eigenvalue weighted by Crippen LogP contribution is 2.26. The van der Waals surface area contributed by atoms with Gasteiger partial charge in [0, 0.05) is 30.1 Å². The Kier molecular flexibility index (Phi) is 10.4. The molecule has 11 nitrogen and oxygen atoms in total. The van der Waals surface area contributed by atoms with E-state index in [0.717, 1.165) is 22.0 Å². The molecule has 1 unspecified atom stereocenters. The summed E-state index contributed by atoms with van der Waals surface area (Å²) in [6.07, 6.45) is 0.831. The number of hydrogen-bond donors (Lipinski definition) is 3. The highest BCUT2D eigenvalue weighted by Gasteiger charge is 2.31. The van der Waals surface area contributed by atoms with Crippen LogP contribution < -0.4 is 16.0 Å². The number of carbonyl (C=O) groups excluding carboxylic acids is 4. The Hall–Kier alpha value is -4.38. The molecule has 43 heavy (non-hydrogen) atoms. The van der Waals surface area contributed by atoms with E-state index in [2.05, 4.69) is 27.4 Å². The summed E-state index contributed by atoms with van der Waals surface area (Å²) < 4.78 is 18.6. The predicted octanol–water partition coefficient (Wildman–Crippen LogP) is 3.40. The molecule has 3 aromatic rings. The van der Waals surface area contributed by atoms with Crippen molar-refractivity contribution in [2.75, 3.05) is 19.8 Å². The van der Waals surface area contributed by atoms with E-state index >= 15 is 0 Å². The highest BCUT2D eigenvalue weighted by atomic mass is 16.6. The van der Waals surface area contributed by atoms with Gasteiger partial charge in [0.2, 0.25) is 11.8 Å². The van der Waals surface area contributed by atoms with E-state index in [4.69, 9.17) is 14.2 Å². The van der Waals surface area contributed by atoms with Crippen molar-refractivity contribution in [3.05, 3.63) is 71.9 Å². The van der Waals surface area contributed by atoms with Gasteiger partial charge < -0.3 is 34.7 Å². The van der Waals surface area contributed by atoms with E-state index in [1.54, 1.807) is 32.9 Å². The Bertz CT molecular complexity index is 1430. The minimum atomic E-state index is -1.35. The average Bonchev–Trinajstić information content (AvgIpc) is 3.32. The molecule has 3 amide bonds. The molecule has 230 valence electrons. The first-order valence-corrected chi connectivity index (χ1v) is 14.4. The molecule has 2 aromatic carbocycles. The second-order valence-electron chi connectivity index (χ2n) is 11.6. The van der Waals surface area contributed by atoms with Crippen molar-refractivity contribution in [2.24, 2.45) is 0 Å². The zero-order valence-electron chi connectivity index (χ0n) is 25.1. The molecule has 3 N–H and O–H groups in total. The Morgan fingerprint density at radius 1 is 1.09 bits per heavy atom. The summed E-state index contributed by atoms with van der Waals surface area (Å²) >= 11 is 0. The minimum absolute atomic E-state index is 0.00996. The third-order valence-corrected chi connectivity index (χ3v) is 6.88. The molecule has 1 aliphatic heterocycles. The van der Waals surface area contributed by atoms with E-state index in [1.807, 2.05) is 48.7 Å². The maximum absolute atomic E-state index is 13.6. The second kappa shape index (κ2) is 14.2. The predicted molar refractivity (Wildman–Crippen MR) is 160 cm³/mol. The summed E-state index contributed by atoms with van der Waals surface area (Å²) in [5.74, 6) is -1.83. The summed E-state index contributed by atoms with van der Waals surface area (Å²) in [5.41, 5.74) is 1.80. The van der Waals surface area contributed by atoms with Gasteiger partial charge in [-0.25, -0.2) is 4.79 Å². The number of para-hydroxylation sites is 1. The van der Waals surface area contributed by atoms with E-state index in [-0.39, 0.29) is 25.6 Å². The lowest BCUT2D eigenvalue weighted by Gasteiger charge is -2.25. The van der Waals surface area contributed by atoms with E-state index in [0.29, 0.717) is 13.2 Å². The molecule has 3 atom stereocenters. The first-order chi connectivity index (χ1) is 20.5. The molecule has 11 heteroatoms. The van der Waals surface area contributed by atoms with Gasteiger partial charge in [0.1, 0.15) is 24.3 Å². The van der Waals surface area contributed by atoms with Gasteiger partial charge in [0.25, 0.3) is 0 Å². The van der Waals surface area contributed by atoms with Crippen LogP contribution in [0.5, 0.6) is 0 Å². The summed E-state index contributed by atoms with van der Waals surface area (Å²) in [5, 5.41) is 9.02. The summed E-state index contributed by atoms with van der Waals surface area (Å²) in [4.78, 5) is 52.4. The van der Waals surface area contributed by atoms with Crippen molar-refractivity contribution in [2.45, 2.75) is 70.9 Å². The van der Waals surface area contributed by atoms with Gasteiger partial charge in [0.15, 0.2) is 0 Å². The van der Waals surface area contributed by atoms with Crippen LogP contribution in [0.1, 0.15) is 51.3 Å². The SMILES string of the molecule is CC1COCCNC(=O)[C@@H](NC(=O)[C@@H](CC(=O)OCc2ccccc2)NC(=O)OC(C)(C)C)Cc2cn1c1ccccc21. The fraction of sp³-hybridized carbons (Fsp3) is 0.438. The summed E-state index contributed by atoms with van der Waals surface area (Å²) in [7, 11) is 0. The molecule has 2 heterocycles. The molecule has 0 radical (unpaired) electrons. The Labute approximate surface area is 251 Å². The van der Waals surface area contributed by atoms with Crippen LogP contribution in [0.2, 0.25) is 0 Å². The topological polar surface area (TPSA) is 137 Å². The van der Waals surface area contributed by atoms with Gasteiger partial charge in [0.05, 0.1) is 25.7 Å². The van der Waals surface area contributed by atoms with Gasteiger partial charge in [-0.05, 0) is 44.9 Å². The van der Waals surface area contributed by atoms with E-state index < -0.39 is 48.0 Å². The number of nitrogens with one attached hydrogen (secondary N) is 3. The first-order valence-electron chi connectivity index (χ1n) is 14.4. The number of nitrogens with zero attached hydrogens (tertiary/aromatic N) is 1. The Morgan fingerprint density at radius 3 is 2.56 bits per heavy atom. The van der Waals surface area contributed by atoms with Crippen LogP contribution >= 0.6 is 0 Å². The maximum Gasteiger partial charge on any atom is 0.408 e. The largest absolute Gasteiger partial charge is 0.461 e. The van der Waals surface area contributed by atoms with E-state index in [9.17, 15) is 19.2 Å². The number of benzene rings is 2. The summed E-state index contributed by atoms with van der Waals surface area (Å²) in [6.45, 7) is 8.17. The third kappa shape index (κ3) is 9.05. The number of ether oxygens (including phenoxy) is 3. The molecule has 0 aliphatic carbocycles. The molecule has 1 aliphatic rings. The molecule has 0 fully saturated rings. The fourth-order valence-electron chi connectivity index (χ4n) is 4.83. The number of fused-ring (bicyclic) bond motifs is 5. The monoisotopic (exact) mass is 592 g/mol. The normalized spacial score (nSPS) is 18.4. The average molecular weight is 593 g/mol. The van der Waals surface area contributed by atoms with Crippen LogP contribution in [-0.4, -0.2) is 65.9 Å². The molecule has 0 saturated carbocycles. The van der Waals surface area contributed by atoms with Gasteiger partial charge in [-0.2, -0.15) is 0 Å². The van der Waals surface area contributed by atoms with Crippen LogP contribution in [0, 0.1) is 0 Å². The van der Waals surface area contributed by atoms with Crippen LogP contribution in [0.25, 0.3) is 10.9 Å². The van der Waals surface area contributed by atoms with Crippen molar-refractivity contribution in [3.63, 3.8) is 0 Å². The maximum atomic E-state index is 13.6. The number of carbonyl (C=O) groups is 4. The Balaban J connectivity index is 1.55. The zero-order chi connectivity index (χ0) is 31.0. The molecule has 0 spiro atoms. The zero-order valence-corrected chi connectivity index (χ0v) is 25.1. The number of aromatic nitrogens is 1. The van der Waals surface area contributed by atoms with Crippen LogP contribution in [0.15, 0.2) is 60.8 Å². The van der Waals surface area contributed by atoms with Crippen molar-refractivity contribution in [1.29, 1.82) is 0 Å². The molecule has 0 saturated heterocycles. The van der Waals surface area contributed by atoms with E-state index in [1.165, 1.54) is 0 Å². The number of rotatable bonds is 7. The molecular weight excluding hydrogens is 552 g/mol. The first kappa shape index (κ1) is 31.6. The standard InChI is InChI=1S/C32H40N4O7/c1-21-19-41-15-14-33-29(38)25(16-23-18-36(21)27-13-9-8-12-24(23)27)34-30(39)26(35-31(40)43-32(2,3)4)17-28(37)42-20-22-10-6-5-7-11-22/h5-13,18,21,25-26H,14-17,19-20H2,1-4H3,(H,33,38)(H,34,39)(H,35,40)/t21?,25-,26+/m0/s1. The minimum Gasteiger partial charge on any atom is -0.461 e. The quantitative estimate of drug-likeness (QED) is 0.358. The third-order valence-electron chi connectivity index (χ3n) is 6.88. The number of esters is 1. The second-order valence-corrected chi connectivity index (χ2v) is 11.6. The lowest BCUT2D eigenvalue weighted by Crippen LogP contribution is -2.55. The Morgan fingerprint density at radius 2 is 1.81 bits per heavy atom. The van der Waals surface area contributed by atoms with Gasteiger partial charge in [-0.1, -0.05) is 48.5 Å². The molecular formula is C32H40N4O7. The van der Waals surface area contributed by atoms with Gasteiger partial charge in [-0.15, -0.1) is 0 Å². The van der Waals surface area contributed by atoms with Crippen molar-refractivity contribution in [3.8, 4) is 0 Å². The van der Waals surface area contributed by atoms with Crippen molar-refractivity contribution in [1.82, 2.24) is 20.5 Å². The van der Waals surface area contributed by atoms with Crippen LogP contribution in [-0.2, 0) is 41.6 Å². The molecule has 2 bridgehead atoms. The lowest BCUT2D eigenvalue weighted by molar-refractivity contribution is -0.147. The van der Waals surface area contributed by atoms with Gasteiger partial charge >= 0.3 is 12.1 Å². The molecule has 1 aromatic heterocycles. The van der Waals surface area contributed by atoms with Crippen molar-refractivity contribution >= 4 is 34.8 Å². The highest BCUT2D eigenvalue weighted by molar-refractivity contribution is 5.94. The smallest absolute Gasteiger partial charge is 0.408 e. The lowest BCUT2D eigenvalue weighted by atomic mass is 10.0. The number of amides is 3. The fourth-order valence-corrected chi connectivity index (χ4v) is 4.83. The molecule has 4 rings (SSSR count). The van der Waals surface area contributed by atoms with Gasteiger partial charge in [-0.3, -0.25) is 14.4 Å². The summed E-state index contributed by atoms with van der Waals surface area (Å²) in [6, 6.07) is 14.7. The number of alkyl carbamates (subject to hydrolysis) is 1. The van der Waals surface area contributed by atoms with Crippen molar-refractivity contribution < 1.29 is 33.4 Å². The van der Waals surface area contributed by atoms with Crippen LogP contribution in [0.3, 0.4) is 0 Å². The number of hydrogen-bond acceptors (Lipinski definition) is 7. The van der Waals surface area contributed by atoms with Crippen LogP contribution in [0.4, 0.5) is 4.79 Å².